The second-order valence-corrected chi connectivity index (χ2v) is 3.63. The van der Waals surface area contributed by atoms with Gasteiger partial charge in [-0.05, 0) is 32.9 Å². The number of carbonyl (C=O) groups excluding carboxylic acids is 1. The minimum atomic E-state index is -0.655. The van der Waals surface area contributed by atoms with E-state index in [4.69, 9.17) is 10.8 Å². The molecule has 0 radical (unpaired) electrons. The van der Waals surface area contributed by atoms with Gasteiger partial charge in [-0.15, -0.1) is 6.42 Å². The van der Waals surface area contributed by atoms with Crippen LogP contribution in [0.25, 0.3) is 0 Å². The van der Waals surface area contributed by atoms with Crippen LogP contribution in [0.3, 0.4) is 0 Å². The van der Waals surface area contributed by atoms with Crippen molar-refractivity contribution in [2.45, 2.75) is 26.3 Å². The molecule has 0 atom stereocenters. The lowest BCUT2D eigenvalue weighted by Gasteiger charge is -2.18. The number of terminal acetylenes is 1. The van der Waals surface area contributed by atoms with Crippen LogP contribution in [-0.2, 0) is 0 Å². The lowest BCUT2D eigenvalue weighted by molar-refractivity contribution is 0.0900. The monoisotopic (exact) mass is 191 g/mol. The normalized spacial score (nSPS) is 10.7. The number of hydrogen-bond donors (Lipinski definition) is 1. The van der Waals surface area contributed by atoms with Gasteiger partial charge in [0, 0.05) is 0 Å². The number of rotatable bonds is 2. The molecule has 1 rings (SSSR count). The number of amides is 1. The summed E-state index contributed by atoms with van der Waals surface area (Å²) in [5.74, 6) is 3.17. The van der Waals surface area contributed by atoms with Gasteiger partial charge in [0.1, 0.15) is 5.76 Å². The van der Waals surface area contributed by atoms with Gasteiger partial charge < -0.3 is 9.73 Å². The third-order valence-electron chi connectivity index (χ3n) is 1.75. The van der Waals surface area contributed by atoms with E-state index in [1.165, 1.54) is 0 Å². The SMILES string of the molecule is C#CC(C)(C)NC(=O)c1ccc(C)o1. The molecule has 0 fully saturated rings. The van der Waals surface area contributed by atoms with Gasteiger partial charge in [0.05, 0.1) is 5.54 Å². The van der Waals surface area contributed by atoms with Crippen LogP contribution < -0.4 is 5.32 Å². The summed E-state index contributed by atoms with van der Waals surface area (Å²) >= 11 is 0. The van der Waals surface area contributed by atoms with Crippen molar-refractivity contribution in [2.75, 3.05) is 0 Å². The number of nitrogens with one attached hydrogen (secondary N) is 1. The average Bonchev–Trinajstić information content (AvgIpc) is 2.51. The summed E-state index contributed by atoms with van der Waals surface area (Å²) in [4.78, 5) is 11.5. The number of aryl methyl sites for hydroxylation is 1. The Labute approximate surface area is 83.5 Å². The quantitative estimate of drug-likeness (QED) is 0.723. The van der Waals surface area contributed by atoms with E-state index < -0.39 is 5.54 Å². The van der Waals surface area contributed by atoms with Crippen molar-refractivity contribution < 1.29 is 9.21 Å². The third kappa shape index (κ3) is 2.40. The molecule has 0 aliphatic carbocycles. The third-order valence-corrected chi connectivity index (χ3v) is 1.75. The lowest BCUT2D eigenvalue weighted by Crippen LogP contribution is -2.41. The highest BCUT2D eigenvalue weighted by Gasteiger charge is 2.19. The fourth-order valence-corrected chi connectivity index (χ4v) is 0.938. The Morgan fingerprint density at radius 3 is 2.64 bits per heavy atom. The molecule has 1 aromatic rings. The van der Waals surface area contributed by atoms with Crippen molar-refractivity contribution in [1.82, 2.24) is 5.32 Å². The Bertz CT molecular complexity index is 382. The fraction of sp³-hybridized carbons (Fsp3) is 0.364. The molecule has 14 heavy (non-hydrogen) atoms. The summed E-state index contributed by atoms with van der Waals surface area (Å²) in [5, 5.41) is 2.67. The second-order valence-electron chi connectivity index (χ2n) is 3.63. The van der Waals surface area contributed by atoms with Crippen LogP contribution in [0.4, 0.5) is 0 Å². The van der Waals surface area contributed by atoms with Gasteiger partial charge in [-0.2, -0.15) is 0 Å². The van der Waals surface area contributed by atoms with E-state index in [0.29, 0.717) is 5.76 Å². The first-order chi connectivity index (χ1) is 6.44. The minimum Gasteiger partial charge on any atom is -0.456 e. The van der Waals surface area contributed by atoms with Crippen LogP contribution in [0.15, 0.2) is 16.5 Å². The minimum absolute atomic E-state index is 0.283. The smallest absolute Gasteiger partial charge is 0.288 e. The summed E-state index contributed by atoms with van der Waals surface area (Å²) in [6.45, 7) is 5.28. The molecule has 0 aliphatic heterocycles. The van der Waals surface area contributed by atoms with Crippen molar-refractivity contribution in [2.24, 2.45) is 0 Å². The molecule has 3 heteroatoms. The lowest BCUT2D eigenvalue weighted by atomic mass is 10.1. The molecule has 1 aromatic heterocycles. The highest BCUT2D eigenvalue weighted by Crippen LogP contribution is 2.08. The van der Waals surface area contributed by atoms with Gasteiger partial charge in [-0.3, -0.25) is 4.79 Å². The fourth-order valence-electron chi connectivity index (χ4n) is 0.938. The molecule has 3 nitrogen and oxygen atoms in total. The van der Waals surface area contributed by atoms with E-state index in [0.717, 1.165) is 0 Å². The molecule has 0 saturated heterocycles. The highest BCUT2D eigenvalue weighted by molar-refractivity contribution is 5.92. The zero-order chi connectivity index (χ0) is 10.8. The van der Waals surface area contributed by atoms with E-state index in [-0.39, 0.29) is 11.7 Å². The summed E-state index contributed by atoms with van der Waals surface area (Å²) in [5.41, 5.74) is -0.655. The number of furan rings is 1. The first-order valence-electron chi connectivity index (χ1n) is 4.31. The van der Waals surface area contributed by atoms with Gasteiger partial charge >= 0.3 is 0 Å². The predicted molar refractivity (Wildman–Crippen MR) is 53.8 cm³/mol. The molecule has 0 aliphatic rings. The van der Waals surface area contributed by atoms with Crippen LogP contribution in [-0.4, -0.2) is 11.4 Å². The zero-order valence-corrected chi connectivity index (χ0v) is 8.55. The van der Waals surface area contributed by atoms with E-state index in [1.54, 1.807) is 32.9 Å². The Hall–Kier alpha value is -1.69. The van der Waals surface area contributed by atoms with Gasteiger partial charge in [0.25, 0.3) is 5.91 Å². The Morgan fingerprint density at radius 1 is 1.57 bits per heavy atom. The molecule has 74 valence electrons. The molecular formula is C11H13NO2. The molecule has 1 heterocycles. The molecule has 1 N–H and O–H groups in total. The maximum atomic E-state index is 11.5. The van der Waals surface area contributed by atoms with Crippen molar-refractivity contribution >= 4 is 5.91 Å². The van der Waals surface area contributed by atoms with Crippen LogP contribution >= 0.6 is 0 Å². The van der Waals surface area contributed by atoms with Gasteiger partial charge in [-0.25, -0.2) is 0 Å². The Balaban J connectivity index is 2.74. The Morgan fingerprint density at radius 2 is 2.21 bits per heavy atom. The van der Waals surface area contributed by atoms with Crippen LogP contribution in [0.5, 0.6) is 0 Å². The predicted octanol–water partition coefficient (Wildman–Crippen LogP) is 1.73. The largest absolute Gasteiger partial charge is 0.456 e. The summed E-state index contributed by atoms with van der Waals surface area (Å²) < 4.78 is 5.16. The molecule has 0 aromatic carbocycles. The average molecular weight is 191 g/mol. The summed E-state index contributed by atoms with van der Waals surface area (Å²) in [6.07, 6.45) is 5.24. The van der Waals surface area contributed by atoms with Crippen molar-refractivity contribution in [1.29, 1.82) is 0 Å². The summed E-state index contributed by atoms with van der Waals surface area (Å²) in [7, 11) is 0. The van der Waals surface area contributed by atoms with Gasteiger partial charge in [0.2, 0.25) is 0 Å². The molecule has 0 spiro atoms. The van der Waals surface area contributed by atoms with Crippen molar-refractivity contribution in [3.8, 4) is 12.3 Å². The molecule has 0 bridgehead atoms. The molecule has 0 unspecified atom stereocenters. The van der Waals surface area contributed by atoms with Crippen molar-refractivity contribution in [3.63, 3.8) is 0 Å². The summed E-state index contributed by atoms with van der Waals surface area (Å²) in [6, 6.07) is 3.36. The standard InChI is InChI=1S/C11H13NO2/c1-5-11(3,4)12-10(13)9-7-6-8(2)14-9/h1,6-7H,2-4H3,(H,12,13). The van der Waals surface area contributed by atoms with Gasteiger partial charge in [-0.1, -0.05) is 5.92 Å². The number of carbonyl (C=O) groups is 1. The van der Waals surface area contributed by atoms with Crippen LogP contribution in [0.1, 0.15) is 30.2 Å². The van der Waals surface area contributed by atoms with E-state index >= 15 is 0 Å². The second kappa shape index (κ2) is 3.59. The van der Waals surface area contributed by atoms with E-state index in [2.05, 4.69) is 11.2 Å². The molecule has 0 saturated carbocycles. The first-order valence-corrected chi connectivity index (χ1v) is 4.31. The van der Waals surface area contributed by atoms with Crippen LogP contribution in [0, 0.1) is 19.3 Å². The maximum absolute atomic E-state index is 11.5. The van der Waals surface area contributed by atoms with E-state index in [9.17, 15) is 4.79 Å². The van der Waals surface area contributed by atoms with Crippen molar-refractivity contribution in [3.05, 3.63) is 23.7 Å². The molecular weight excluding hydrogens is 178 g/mol. The van der Waals surface area contributed by atoms with Crippen LogP contribution in [0.2, 0.25) is 0 Å². The van der Waals surface area contributed by atoms with Gasteiger partial charge in [0.15, 0.2) is 5.76 Å². The number of hydrogen-bond acceptors (Lipinski definition) is 2. The first kappa shape index (κ1) is 10.4. The Kier molecular flexibility index (Phi) is 2.66. The zero-order valence-electron chi connectivity index (χ0n) is 8.55. The highest BCUT2D eigenvalue weighted by atomic mass is 16.3. The maximum Gasteiger partial charge on any atom is 0.288 e. The van der Waals surface area contributed by atoms with E-state index in [1.807, 2.05) is 0 Å². The molecule has 1 amide bonds. The topological polar surface area (TPSA) is 42.2 Å².